The van der Waals surface area contributed by atoms with Gasteiger partial charge in [-0.25, -0.2) is 4.98 Å². The van der Waals surface area contributed by atoms with Crippen molar-refractivity contribution >= 4 is 11.6 Å². The van der Waals surface area contributed by atoms with E-state index in [4.69, 9.17) is 10.5 Å². The molecule has 4 rings (SSSR count). The molecule has 2 aromatic rings. The monoisotopic (exact) mass is 354 g/mol. The van der Waals surface area contributed by atoms with Gasteiger partial charge >= 0.3 is 0 Å². The molecular weight excluding hydrogens is 328 g/mol. The van der Waals surface area contributed by atoms with Crippen molar-refractivity contribution in [3.63, 3.8) is 0 Å². The van der Waals surface area contributed by atoms with Crippen LogP contribution in [-0.4, -0.2) is 35.2 Å². The van der Waals surface area contributed by atoms with Gasteiger partial charge in [-0.05, 0) is 56.4 Å². The summed E-state index contributed by atoms with van der Waals surface area (Å²) >= 11 is 0. The summed E-state index contributed by atoms with van der Waals surface area (Å²) < 4.78 is 7.69. The van der Waals surface area contributed by atoms with Crippen molar-refractivity contribution in [2.45, 2.75) is 38.6 Å². The highest BCUT2D eigenvalue weighted by atomic mass is 16.5. The topological polar surface area (TPSA) is 82.2 Å². The van der Waals surface area contributed by atoms with Crippen molar-refractivity contribution in [2.75, 3.05) is 25.1 Å². The quantitative estimate of drug-likeness (QED) is 0.884. The van der Waals surface area contributed by atoms with Crippen LogP contribution in [0.25, 0.3) is 11.4 Å². The number of aromatic nitrogens is 2. The molecule has 2 aliphatic heterocycles. The van der Waals surface area contributed by atoms with E-state index in [1.807, 2.05) is 30.5 Å². The van der Waals surface area contributed by atoms with E-state index in [1.165, 1.54) is 18.5 Å². The molecule has 138 valence electrons. The summed E-state index contributed by atoms with van der Waals surface area (Å²) in [6.45, 7) is 2.56. The Morgan fingerprint density at radius 1 is 1.23 bits per heavy atom. The Morgan fingerprint density at radius 3 is 2.73 bits per heavy atom. The molecule has 0 spiro atoms. The highest BCUT2D eigenvalue weighted by Gasteiger charge is 2.38. The Balaban J connectivity index is 1.49. The van der Waals surface area contributed by atoms with Crippen LogP contribution in [0.3, 0.4) is 0 Å². The lowest BCUT2D eigenvalue weighted by Gasteiger charge is -2.34. The normalized spacial score (nSPS) is 19.0. The lowest BCUT2D eigenvalue weighted by atomic mass is 9.79. The van der Waals surface area contributed by atoms with Crippen molar-refractivity contribution in [1.29, 1.82) is 0 Å². The van der Waals surface area contributed by atoms with E-state index in [2.05, 4.69) is 14.9 Å². The predicted molar refractivity (Wildman–Crippen MR) is 101 cm³/mol. The number of hydrogen-bond acceptors (Lipinski definition) is 4. The van der Waals surface area contributed by atoms with E-state index in [1.54, 1.807) is 0 Å². The standard InChI is InChI=1S/C20H26N4O2/c21-14-20(8-11-26-12-9-20)19(25)23-16-6-4-15(5-7-16)18-22-13-17-3-1-2-10-24(17)18/h4-7,13H,1-3,8-12,14,21H2,(H,23,25). The summed E-state index contributed by atoms with van der Waals surface area (Å²) in [7, 11) is 0. The minimum Gasteiger partial charge on any atom is -0.381 e. The van der Waals surface area contributed by atoms with Crippen molar-refractivity contribution in [1.82, 2.24) is 9.55 Å². The maximum atomic E-state index is 12.8. The van der Waals surface area contributed by atoms with Crippen LogP contribution in [0.4, 0.5) is 5.69 Å². The number of benzene rings is 1. The van der Waals surface area contributed by atoms with Crippen LogP contribution in [0.1, 0.15) is 31.4 Å². The number of ether oxygens (including phenoxy) is 1. The molecule has 6 heteroatoms. The largest absolute Gasteiger partial charge is 0.381 e. The van der Waals surface area contributed by atoms with Crippen LogP contribution < -0.4 is 11.1 Å². The number of nitrogens with two attached hydrogens (primary N) is 1. The molecule has 1 fully saturated rings. The number of carbonyl (C=O) groups excluding carboxylic acids is 1. The van der Waals surface area contributed by atoms with Gasteiger partial charge in [0.05, 0.1) is 5.41 Å². The molecule has 6 nitrogen and oxygen atoms in total. The van der Waals surface area contributed by atoms with Gasteiger partial charge in [0.15, 0.2) is 0 Å². The number of nitrogens with one attached hydrogen (secondary N) is 1. The number of fused-ring (bicyclic) bond motifs is 1. The molecule has 0 unspecified atom stereocenters. The maximum Gasteiger partial charge on any atom is 0.232 e. The van der Waals surface area contributed by atoms with Crippen LogP contribution in [0.15, 0.2) is 30.5 Å². The molecule has 0 radical (unpaired) electrons. The fourth-order valence-corrected chi connectivity index (χ4v) is 3.92. The Bertz CT molecular complexity index is 776. The Kier molecular flexibility index (Phi) is 4.78. The number of imidazole rings is 1. The molecule has 0 atom stereocenters. The molecule has 3 N–H and O–H groups in total. The summed E-state index contributed by atoms with van der Waals surface area (Å²) in [6.07, 6.45) is 6.88. The van der Waals surface area contributed by atoms with Gasteiger partial charge in [-0.3, -0.25) is 4.79 Å². The zero-order valence-electron chi connectivity index (χ0n) is 15.0. The zero-order chi connectivity index (χ0) is 18.0. The second-order valence-electron chi connectivity index (χ2n) is 7.31. The molecule has 3 heterocycles. The number of amides is 1. The van der Waals surface area contributed by atoms with Crippen molar-refractivity contribution in [3.8, 4) is 11.4 Å². The highest BCUT2D eigenvalue weighted by Crippen LogP contribution is 2.31. The van der Waals surface area contributed by atoms with Crippen molar-refractivity contribution < 1.29 is 9.53 Å². The van der Waals surface area contributed by atoms with E-state index >= 15 is 0 Å². The maximum absolute atomic E-state index is 12.8. The highest BCUT2D eigenvalue weighted by molar-refractivity contribution is 5.95. The number of hydrogen-bond donors (Lipinski definition) is 2. The van der Waals surface area contributed by atoms with E-state index in [0.29, 0.717) is 32.6 Å². The van der Waals surface area contributed by atoms with E-state index < -0.39 is 5.41 Å². The number of carbonyl (C=O) groups is 1. The van der Waals surface area contributed by atoms with Gasteiger partial charge in [0.2, 0.25) is 5.91 Å². The molecule has 2 aliphatic rings. The number of aryl methyl sites for hydroxylation is 1. The van der Waals surface area contributed by atoms with Gasteiger partial charge in [-0.2, -0.15) is 0 Å². The van der Waals surface area contributed by atoms with Gasteiger partial charge in [-0.1, -0.05) is 0 Å². The first kappa shape index (κ1) is 17.2. The fourth-order valence-electron chi connectivity index (χ4n) is 3.92. The molecule has 1 aromatic carbocycles. The van der Waals surface area contributed by atoms with Crippen molar-refractivity contribution in [2.24, 2.45) is 11.1 Å². The number of nitrogens with zero attached hydrogens (tertiary/aromatic N) is 2. The molecule has 0 bridgehead atoms. The predicted octanol–water partition coefficient (Wildman–Crippen LogP) is 2.58. The smallest absolute Gasteiger partial charge is 0.232 e. The molecule has 0 aliphatic carbocycles. The summed E-state index contributed by atoms with van der Waals surface area (Å²) in [4.78, 5) is 17.4. The minimum atomic E-state index is -0.515. The summed E-state index contributed by atoms with van der Waals surface area (Å²) in [6, 6.07) is 7.94. The van der Waals surface area contributed by atoms with Gasteiger partial charge in [0.25, 0.3) is 0 Å². The molecule has 1 amide bonds. The van der Waals surface area contributed by atoms with Gasteiger partial charge in [-0.15, -0.1) is 0 Å². The summed E-state index contributed by atoms with van der Waals surface area (Å²) in [5, 5.41) is 3.04. The molecular formula is C20H26N4O2. The first-order valence-electron chi connectivity index (χ1n) is 9.46. The summed E-state index contributed by atoms with van der Waals surface area (Å²) in [5.74, 6) is 1.01. The fraction of sp³-hybridized carbons (Fsp3) is 0.500. The summed E-state index contributed by atoms with van der Waals surface area (Å²) in [5.41, 5.74) is 8.59. The Labute approximate surface area is 153 Å². The second kappa shape index (κ2) is 7.21. The van der Waals surface area contributed by atoms with Crippen LogP contribution in [-0.2, 0) is 22.5 Å². The zero-order valence-corrected chi connectivity index (χ0v) is 15.0. The average molecular weight is 354 g/mol. The Morgan fingerprint density at radius 2 is 2.00 bits per heavy atom. The molecule has 0 saturated carbocycles. The average Bonchev–Trinajstić information content (AvgIpc) is 3.13. The van der Waals surface area contributed by atoms with Gasteiger partial charge in [0.1, 0.15) is 5.82 Å². The first-order chi connectivity index (χ1) is 12.7. The van der Waals surface area contributed by atoms with E-state index in [0.717, 1.165) is 30.0 Å². The van der Waals surface area contributed by atoms with E-state index in [9.17, 15) is 4.79 Å². The van der Waals surface area contributed by atoms with Crippen LogP contribution in [0.2, 0.25) is 0 Å². The van der Waals surface area contributed by atoms with Crippen molar-refractivity contribution in [3.05, 3.63) is 36.2 Å². The molecule has 1 saturated heterocycles. The van der Waals surface area contributed by atoms with Gasteiger partial charge < -0.3 is 20.4 Å². The molecule has 1 aromatic heterocycles. The van der Waals surface area contributed by atoms with Crippen LogP contribution in [0.5, 0.6) is 0 Å². The number of rotatable bonds is 4. The minimum absolute atomic E-state index is 0.00533. The third-order valence-electron chi connectivity index (χ3n) is 5.73. The third kappa shape index (κ3) is 3.15. The van der Waals surface area contributed by atoms with Crippen LogP contribution in [0, 0.1) is 5.41 Å². The lowest BCUT2D eigenvalue weighted by Crippen LogP contribution is -2.46. The molecule has 26 heavy (non-hydrogen) atoms. The lowest BCUT2D eigenvalue weighted by molar-refractivity contribution is -0.130. The third-order valence-corrected chi connectivity index (χ3v) is 5.73. The first-order valence-corrected chi connectivity index (χ1v) is 9.46. The van der Waals surface area contributed by atoms with E-state index in [-0.39, 0.29) is 5.91 Å². The number of anilines is 1. The SMILES string of the molecule is NCC1(C(=O)Nc2ccc(-c3ncc4n3CCCC4)cc2)CCOCC1. The van der Waals surface area contributed by atoms with Gasteiger partial charge in [0, 0.05) is 49.4 Å². The Hall–Kier alpha value is -2.18. The second-order valence-corrected chi connectivity index (χ2v) is 7.31. The van der Waals surface area contributed by atoms with Crippen LogP contribution >= 0.6 is 0 Å².